The minimum atomic E-state index is 0.274. The molecule has 2 rings (SSSR count). The highest BCUT2D eigenvalue weighted by Crippen LogP contribution is 2.32. The largest absolute Gasteiger partial charge is 0.497 e. The van der Waals surface area contributed by atoms with Gasteiger partial charge in [-0.05, 0) is 23.8 Å². The van der Waals surface area contributed by atoms with E-state index in [2.05, 4.69) is 25.1 Å². The highest BCUT2D eigenvalue weighted by molar-refractivity contribution is 5.43. The van der Waals surface area contributed by atoms with Crippen LogP contribution >= 0.6 is 0 Å². The van der Waals surface area contributed by atoms with Crippen LogP contribution in [-0.4, -0.2) is 14.2 Å². The van der Waals surface area contributed by atoms with Crippen molar-refractivity contribution in [2.75, 3.05) is 14.2 Å². The summed E-state index contributed by atoms with van der Waals surface area (Å²) >= 11 is 0. The molecule has 2 aromatic rings. The lowest BCUT2D eigenvalue weighted by molar-refractivity contribution is 0.407. The summed E-state index contributed by atoms with van der Waals surface area (Å²) in [5, 5.41) is 0. The van der Waals surface area contributed by atoms with Crippen molar-refractivity contribution in [3.63, 3.8) is 0 Å². The summed E-state index contributed by atoms with van der Waals surface area (Å²) in [5.41, 5.74) is 2.41. The molecule has 1 atom stereocenters. The molecule has 0 N–H and O–H groups in total. The number of para-hydroxylation sites is 1. The van der Waals surface area contributed by atoms with Crippen molar-refractivity contribution >= 4 is 0 Å². The van der Waals surface area contributed by atoms with Crippen molar-refractivity contribution < 1.29 is 9.47 Å². The van der Waals surface area contributed by atoms with Crippen molar-refractivity contribution in [2.24, 2.45) is 0 Å². The van der Waals surface area contributed by atoms with Gasteiger partial charge in [0.05, 0.1) is 14.2 Å². The van der Waals surface area contributed by atoms with Crippen molar-refractivity contribution in [3.8, 4) is 11.5 Å². The molecule has 0 saturated carbocycles. The normalized spacial score (nSPS) is 11.9. The smallest absolute Gasteiger partial charge is 0.122 e. The first kappa shape index (κ1) is 12.5. The lowest BCUT2D eigenvalue weighted by Crippen LogP contribution is -1.99. The standard InChI is InChI=1S/C16H18O2/c1-12(13-7-6-8-14(11-13)17-2)15-9-4-5-10-16(15)18-3/h4-12H,1-3H3. The molecule has 94 valence electrons. The van der Waals surface area contributed by atoms with Gasteiger partial charge in [-0.2, -0.15) is 0 Å². The van der Waals surface area contributed by atoms with Gasteiger partial charge in [-0.3, -0.25) is 0 Å². The SMILES string of the molecule is COc1cccc(C(C)c2ccccc2OC)c1. The van der Waals surface area contributed by atoms with Gasteiger partial charge in [-0.15, -0.1) is 0 Å². The first-order valence-electron chi connectivity index (χ1n) is 6.03. The Morgan fingerprint density at radius 3 is 2.39 bits per heavy atom. The summed E-state index contributed by atoms with van der Waals surface area (Å²) in [7, 11) is 3.39. The van der Waals surface area contributed by atoms with Gasteiger partial charge in [-0.25, -0.2) is 0 Å². The van der Waals surface area contributed by atoms with Crippen molar-refractivity contribution in [1.29, 1.82) is 0 Å². The summed E-state index contributed by atoms with van der Waals surface area (Å²) < 4.78 is 10.7. The molecule has 2 aromatic carbocycles. The fourth-order valence-corrected chi connectivity index (χ4v) is 2.11. The molecule has 0 aliphatic carbocycles. The van der Waals surface area contributed by atoms with E-state index < -0.39 is 0 Å². The first-order valence-corrected chi connectivity index (χ1v) is 6.03. The van der Waals surface area contributed by atoms with Crippen LogP contribution in [-0.2, 0) is 0 Å². The second-order valence-electron chi connectivity index (χ2n) is 4.24. The molecular formula is C16H18O2. The van der Waals surface area contributed by atoms with Gasteiger partial charge in [-0.1, -0.05) is 37.3 Å². The highest BCUT2D eigenvalue weighted by atomic mass is 16.5. The van der Waals surface area contributed by atoms with Gasteiger partial charge in [0.2, 0.25) is 0 Å². The minimum absolute atomic E-state index is 0.274. The molecule has 0 spiro atoms. The van der Waals surface area contributed by atoms with Crippen molar-refractivity contribution in [1.82, 2.24) is 0 Å². The van der Waals surface area contributed by atoms with Crippen LogP contribution in [0.3, 0.4) is 0 Å². The van der Waals surface area contributed by atoms with Gasteiger partial charge < -0.3 is 9.47 Å². The van der Waals surface area contributed by atoms with Crippen LogP contribution < -0.4 is 9.47 Å². The monoisotopic (exact) mass is 242 g/mol. The number of benzene rings is 2. The van der Waals surface area contributed by atoms with Crippen LogP contribution in [0.1, 0.15) is 24.0 Å². The lowest BCUT2D eigenvalue weighted by atomic mass is 9.92. The third kappa shape index (κ3) is 2.48. The fourth-order valence-electron chi connectivity index (χ4n) is 2.11. The molecule has 0 fully saturated rings. The van der Waals surface area contributed by atoms with E-state index in [-0.39, 0.29) is 5.92 Å². The van der Waals surface area contributed by atoms with E-state index in [1.165, 1.54) is 11.1 Å². The third-order valence-corrected chi connectivity index (χ3v) is 3.20. The quantitative estimate of drug-likeness (QED) is 0.810. The van der Waals surface area contributed by atoms with E-state index in [9.17, 15) is 0 Å². The molecule has 1 unspecified atom stereocenters. The lowest BCUT2D eigenvalue weighted by Gasteiger charge is -2.16. The molecule has 0 aliphatic heterocycles. The highest BCUT2D eigenvalue weighted by Gasteiger charge is 2.13. The molecule has 0 aromatic heterocycles. The Morgan fingerprint density at radius 2 is 1.67 bits per heavy atom. The minimum Gasteiger partial charge on any atom is -0.497 e. The summed E-state index contributed by atoms with van der Waals surface area (Å²) in [6.45, 7) is 2.17. The number of rotatable bonds is 4. The average Bonchev–Trinajstić information content (AvgIpc) is 2.46. The molecule has 2 nitrogen and oxygen atoms in total. The van der Waals surface area contributed by atoms with Crippen LogP contribution in [0.2, 0.25) is 0 Å². The number of hydrogen-bond acceptors (Lipinski definition) is 2. The zero-order valence-corrected chi connectivity index (χ0v) is 11.0. The maximum atomic E-state index is 5.41. The second-order valence-corrected chi connectivity index (χ2v) is 4.24. The van der Waals surface area contributed by atoms with E-state index in [0.717, 1.165) is 11.5 Å². The Hall–Kier alpha value is -1.96. The Kier molecular flexibility index (Phi) is 3.88. The Balaban J connectivity index is 2.37. The topological polar surface area (TPSA) is 18.5 Å². The van der Waals surface area contributed by atoms with Crippen LogP contribution in [0, 0.1) is 0 Å². The zero-order valence-electron chi connectivity index (χ0n) is 11.0. The third-order valence-electron chi connectivity index (χ3n) is 3.20. The molecule has 0 radical (unpaired) electrons. The van der Waals surface area contributed by atoms with Gasteiger partial charge in [0, 0.05) is 11.5 Å². The summed E-state index contributed by atoms with van der Waals surface area (Å²) in [6, 6.07) is 16.3. The zero-order chi connectivity index (χ0) is 13.0. The fraction of sp³-hybridized carbons (Fsp3) is 0.250. The second kappa shape index (κ2) is 5.58. The number of ether oxygens (including phenoxy) is 2. The van der Waals surface area contributed by atoms with E-state index in [1.54, 1.807) is 14.2 Å². The van der Waals surface area contributed by atoms with Crippen molar-refractivity contribution in [3.05, 3.63) is 59.7 Å². The van der Waals surface area contributed by atoms with Gasteiger partial charge in [0.15, 0.2) is 0 Å². The van der Waals surface area contributed by atoms with E-state index in [0.29, 0.717) is 0 Å². The Bertz CT molecular complexity index is 520. The van der Waals surface area contributed by atoms with E-state index >= 15 is 0 Å². The molecule has 0 heterocycles. The molecule has 0 aliphatic rings. The van der Waals surface area contributed by atoms with E-state index in [1.807, 2.05) is 30.3 Å². The number of hydrogen-bond donors (Lipinski definition) is 0. The first-order chi connectivity index (χ1) is 8.76. The molecule has 0 amide bonds. The van der Waals surface area contributed by atoms with Crippen LogP contribution in [0.4, 0.5) is 0 Å². The molecular weight excluding hydrogens is 224 g/mol. The summed E-state index contributed by atoms with van der Waals surface area (Å²) in [4.78, 5) is 0. The number of methoxy groups -OCH3 is 2. The van der Waals surface area contributed by atoms with Crippen LogP contribution in [0.5, 0.6) is 11.5 Å². The summed E-state index contributed by atoms with van der Waals surface area (Å²) in [6.07, 6.45) is 0. The van der Waals surface area contributed by atoms with Gasteiger partial charge in [0.1, 0.15) is 11.5 Å². The van der Waals surface area contributed by atoms with Crippen LogP contribution in [0.25, 0.3) is 0 Å². The molecule has 0 saturated heterocycles. The predicted octanol–water partition coefficient (Wildman–Crippen LogP) is 3.86. The summed E-state index contributed by atoms with van der Waals surface area (Å²) in [5.74, 6) is 2.08. The molecule has 18 heavy (non-hydrogen) atoms. The molecule has 2 heteroatoms. The molecule has 0 bridgehead atoms. The maximum absolute atomic E-state index is 5.41. The Morgan fingerprint density at radius 1 is 0.889 bits per heavy atom. The van der Waals surface area contributed by atoms with Crippen LogP contribution in [0.15, 0.2) is 48.5 Å². The van der Waals surface area contributed by atoms with Gasteiger partial charge >= 0.3 is 0 Å². The maximum Gasteiger partial charge on any atom is 0.122 e. The predicted molar refractivity (Wildman–Crippen MR) is 73.5 cm³/mol. The average molecular weight is 242 g/mol. The van der Waals surface area contributed by atoms with Gasteiger partial charge in [0.25, 0.3) is 0 Å². The Labute approximate surface area is 108 Å². The van der Waals surface area contributed by atoms with E-state index in [4.69, 9.17) is 9.47 Å². The van der Waals surface area contributed by atoms with Crippen molar-refractivity contribution in [2.45, 2.75) is 12.8 Å².